The van der Waals surface area contributed by atoms with Crippen molar-refractivity contribution in [2.24, 2.45) is 0 Å². The Kier molecular flexibility index (Phi) is 4.68. The van der Waals surface area contributed by atoms with Gasteiger partial charge in [0.25, 0.3) is 0 Å². The summed E-state index contributed by atoms with van der Waals surface area (Å²) in [6, 6.07) is 11.5. The van der Waals surface area contributed by atoms with Crippen LogP contribution in [-0.2, 0) is 0 Å². The Hall–Kier alpha value is -0.530. The summed E-state index contributed by atoms with van der Waals surface area (Å²) in [6.45, 7) is 2.37. The molecule has 1 heterocycles. The third-order valence-corrected chi connectivity index (χ3v) is 3.64. The van der Waals surface area contributed by atoms with Gasteiger partial charge in [0.2, 0.25) is 0 Å². The van der Waals surface area contributed by atoms with Gasteiger partial charge in [0.1, 0.15) is 0 Å². The summed E-state index contributed by atoms with van der Waals surface area (Å²) < 4.78 is 0. The normalized spacial score (nSPS) is 22.2. The van der Waals surface area contributed by atoms with Crippen molar-refractivity contribution in [1.82, 2.24) is 4.90 Å². The molecule has 0 radical (unpaired) electrons. The lowest BCUT2D eigenvalue weighted by molar-refractivity contribution is 0.149. The first-order valence-corrected chi connectivity index (χ1v) is 6.80. The largest absolute Gasteiger partial charge is 0.296 e. The van der Waals surface area contributed by atoms with Crippen LogP contribution in [0.1, 0.15) is 37.3 Å². The molecule has 16 heavy (non-hydrogen) atoms. The highest BCUT2D eigenvalue weighted by Gasteiger charge is 2.22. The third-order valence-electron chi connectivity index (χ3n) is 3.38. The van der Waals surface area contributed by atoms with Crippen molar-refractivity contribution in [3.8, 4) is 0 Å². The maximum absolute atomic E-state index is 5.79. The number of benzene rings is 1. The fourth-order valence-electron chi connectivity index (χ4n) is 2.57. The smallest absolute Gasteiger partial charge is 0.0348 e. The second-order valence-electron chi connectivity index (χ2n) is 4.50. The molecule has 2 heteroatoms. The van der Waals surface area contributed by atoms with Crippen LogP contribution < -0.4 is 0 Å². The van der Waals surface area contributed by atoms with Crippen molar-refractivity contribution < 1.29 is 0 Å². The minimum absolute atomic E-state index is 0.623. The van der Waals surface area contributed by atoms with E-state index in [-0.39, 0.29) is 0 Å². The van der Waals surface area contributed by atoms with Gasteiger partial charge in [0, 0.05) is 11.9 Å². The van der Waals surface area contributed by atoms with Crippen LogP contribution in [0, 0.1) is 0 Å². The molecule has 2 rings (SSSR count). The Morgan fingerprint density at radius 1 is 1.19 bits per heavy atom. The van der Waals surface area contributed by atoms with Gasteiger partial charge in [-0.25, -0.2) is 0 Å². The van der Waals surface area contributed by atoms with E-state index in [9.17, 15) is 0 Å². The van der Waals surface area contributed by atoms with Crippen molar-refractivity contribution >= 4 is 11.6 Å². The van der Waals surface area contributed by atoms with E-state index in [2.05, 4.69) is 35.2 Å². The van der Waals surface area contributed by atoms with Crippen molar-refractivity contribution in [1.29, 1.82) is 0 Å². The monoisotopic (exact) mass is 237 g/mol. The van der Waals surface area contributed by atoms with Gasteiger partial charge in [-0.05, 0) is 37.9 Å². The second kappa shape index (κ2) is 6.27. The zero-order valence-corrected chi connectivity index (χ0v) is 10.5. The molecule has 1 aliphatic heterocycles. The summed E-state index contributed by atoms with van der Waals surface area (Å²) in [6.07, 6.45) is 5.10. The summed E-state index contributed by atoms with van der Waals surface area (Å²) in [7, 11) is 0. The van der Waals surface area contributed by atoms with Crippen LogP contribution in [0.5, 0.6) is 0 Å². The minimum atomic E-state index is 0.623. The van der Waals surface area contributed by atoms with E-state index in [1.807, 2.05) is 0 Å². The van der Waals surface area contributed by atoms with Crippen molar-refractivity contribution in [3.63, 3.8) is 0 Å². The molecule has 0 aliphatic carbocycles. The number of halogens is 1. The molecule has 1 nitrogen and oxygen atoms in total. The van der Waals surface area contributed by atoms with Crippen LogP contribution >= 0.6 is 11.6 Å². The van der Waals surface area contributed by atoms with E-state index < -0.39 is 0 Å². The highest BCUT2D eigenvalue weighted by atomic mass is 35.5. The van der Waals surface area contributed by atoms with Crippen molar-refractivity contribution in [2.45, 2.75) is 31.7 Å². The van der Waals surface area contributed by atoms with Gasteiger partial charge in [0.05, 0.1) is 0 Å². The molecule has 1 saturated heterocycles. The molecule has 0 amide bonds. The van der Waals surface area contributed by atoms with E-state index in [1.54, 1.807) is 0 Å². The average Bonchev–Trinajstić information content (AvgIpc) is 2.38. The molecule has 88 valence electrons. The summed E-state index contributed by atoms with van der Waals surface area (Å²) in [5, 5.41) is 0. The van der Waals surface area contributed by atoms with E-state index in [1.165, 1.54) is 31.4 Å². The zero-order chi connectivity index (χ0) is 11.2. The molecule has 0 aromatic heterocycles. The first-order chi connectivity index (χ1) is 7.92. The van der Waals surface area contributed by atoms with Gasteiger partial charge in [-0.1, -0.05) is 36.8 Å². The number of hydrogen-bond acceptors (Lipinski definition) is 1. The molecule has 0 saturated carbocycles. The standard InChI is InChI=1S/C14H20ClN/c15-10-6-12-16-11-5-4-9-14(16)13-7-2-1-3-8-13/h1-3,7-8,14H,4-6,9-12H2. The van der Waals surface area contributed by atoms with Gasteiger partial charge >= 0.3 is 0 Å². The summed E-state index contributed by atoms with van der Waals surface area (Å²) in [5.41, 5.74) is 1.47. The topological polar surface area (TPSA) is 3.24 Å². The highest BCUT2D eigenvalue weighted by Crippen LogP contribution is 2.30. The fraction of sp³-hybridized carbons (Fsp3) is 0.571. The Bertz CT molecular complexity index is 299. The van der Waals surface area contributed by atoms with Crippen LogP contribution in [0.3, 0.4) is 0 Å². The van der Waals surface area contributed by atoms with Crippen molar-refractivity contribution in [2.75, 3.05) is 19.0 Å². The lowest BCUT2D eigenvalue weighted by Crippen LogP contribution is -2.34. The molecule has 1 aromatic rings. The van der Waals surface area contributed by atoms with E-state index in [0.29, 0.717) is 6.04 Å². The summed E-state index contributed by atoms with van der Waals surface area (Å²) in [5.74, 6) is 0.776. The van der Waals surface area contributed by atoms with Gasteiger partial charge in [-0.15, -0.1) is 11.6 Å². The highest BCUT2D eigenvalue weighted by molar-refractivity contribution is 6.17. The lowest BCUT2D eigenvalue weighted by Gasteiger charge is -2.36. The Morgan fingerprint density at radius 3 is 2.75 bits per heavy atom. The first kappa shape index (κ1) is 11.9. The number of nitrogens with zero attached hydrogens (tertiary/aromatic N) is 1. The maximum Gasteiger partial charge on any atom is 0.0348 e. The molecule has 0 bridgehead atoms. The molecule has 0 spiro atoms. The average molecular weight is 238 g/mol. The number of likely N-dealkylation sites (tertiary alicyclic amines) is 1. The Balaban J connectivity index is 2.04. The molecule has 1 aromatic carbocycles. The maximum atomic E-state index is 5.79. The SMILES string of the molecule is ClCCCN1CCCCC1c1ccccc1. The van der Waals surface area contributed by atoms with Crippen LogP contribution in [0.2, 0.25) is 0 Å². The van der Waals surface area contributed by atoms with Gasteiger partial charge < -0.3 is 0 Å². The van der Waals surface area contributed by atoms with Crippen LogP contribution in [0.25, 0.3) is 0 Å². The Labute approximate surface area is 103 Å². The first-order valence-electron chi connectivity index (χ1n) is 6.27. The van der Waals surface area contributed by atoms with Crippen LogP contribution in [0.15, 0.2) is 30.3 Å². The minimum Gasteiger partial charge on any atom is -0.296 e. The molecular formula is C14H20ClN. The number of alkyl halides is 1. The van der Waals surface area contributed by atoms with E-state index in [4.69, 9.17) is 11.6 Å². The molecule has 1 atom stereocenters. The van der Waals surface area contributed by atoms with Crippen LogP contribution in [-0.4, -0.2) is 23.9 Å². The molecule has 1 unspecified atom stereocenters. The summed E-state index contributed by atoms with van der Waals surface area (Å²) in [4.78, 5) is 2.60. The van der Waals surface area contributed by atoms with Gasteiger partial charge in [-0.3, -0.25) is 4.90 Å². The predicted octanol–water partition coefficient (Wildman–Crippen LogP) is 3.84. The third kappa shape index (κ3) is 2.99. The predicted molar refractivity (Wildman–Crippen MR) is 69.9 cm³/mol. The molecule has 1 fully saturated rings. The van der Waals surface area contributed by atoms with E-state index >= 15 is 0 Å². The lowest BCUT2D eigenvalue weighted by atomic mass is 9.95. The van der Waals surface area contributed by atoms with Crippen LogP contribution in [0.4, 0.5) is 0 Å². The molecule has 1 aliphatic rings. The second-order valence-corrected chi connectivity index (χ2v) is 4.88. The zero-order valence-electron chi connectivity index (χ0n) is 9.74. The van der Waals surface area contributed by atoms with Gasteiger partial charge in [0.15, 0.2) is 0 Å². The van der Waals surface area contributed by atoms with Crippen molar-refractivity contribution in [3.05, 3.63) is 35.9 Å². The molecule has 0 N–H and O–H groups in total. The number of piperidine rings is 1. The summed E-state index contributed by atoms with van der Waals surface area (Å²) >= 11 is 5.79. The fourth-order valence-corrected chi connectivity index (χ4v) is 2.69. The Morgan fingerprint density at radius 2 is 2.00 bits per heavy atom. The molecular weight excluding hydrogens is 218 g/mol. The van der Waals surface area contributed by atoms with Gasteiger partial charge in [-0.2, -0.15) is 0 Å². The number of rotatable bonds is 4. The van der Waals surface area contributed by atoms with E-state index in [0.717, 1.165) is 18.8 Å². The quantitative estimate of drug-likeness (QED) is 0.720. The number of hydrogen-bond donors (Lipinski definition) is 0.